The molecule has 4 aromatic rings. The molecular weight excluding hydrogens is 497 g/mol. The zero-order valence-corrected chi connectivity index (χ0v) is 20.9. The third kappa shape index (κ3) is 4.92. The van der Waals surface area contributed by atoms with Gasteiger partial charge in [0.25, 0.3) is 10.0 Å². The molecule has 0 saturated carbocycles. The number of aromatic nitrogens is 3. The number of nitrogens with one attached hydrogen (secondary N) is 1. The number of anilines is 1. The fourth-order valence-corrected chi connectivity index (χ4v) is 5.61. The Bertz CT molecular complexity index is 1510. The van der Waals surface area contributed by atoms with Crippen molar-refractivity contribution in [3.63, 3.8) is 0 Å². The molecule has 0 aliphatic heterocycles. The lowest BCUT2D eigenvalue weighted by Crippen LogP contribution is -2.17. The molecule has 35 heavy (non-hydrogen) atoms. The van der Waals surface area contributed by atoms with Crippen LogP contribution in [0.1, 0.15) is 31.6 Å². The minimum absolute atomic E-state index is 0.0113. The van der Waals surface area contributed by atoms with E-state index in [0.717, 1.165) is 23.2 Å². The molecule has 2 aromatic heterocycles. The van der Waals surface area contributed by atoms with Crippen molar-refractivity contribution >= 4 is 27.0 Å². The van der Waals surface area contributed by atoms with Crippen LogP contribution in [-0.4, -0.2) is 23.4 Å². The highest BCUT2D eigenvalue weighted by molar-refractivity contribution is 7.92. The summed E-state index contributed by atoms with van der Waals surface area (Å²) in [5, 5.41) is 0.720. The maximum atomic E-state index is 15.7. The lowest BCUT2D eigenvalue weighted by molar-refractivity contribution is 0.521. The summed E-state index contributed by atoms with van der Waals surface area (Å²) in [5.41, 5.74) is 0.00285. The van der Waals surface area contributed by atoms with Crippen LogP contribution in [0.4, 0.5) is 18.9 Å². The molecule has 6 nitrogen and oxygen atoms in total. The monoisotopic (exact) mass is 518 g/mol. The molecule has 0 atom stereocenters. The molecule has 0 fully saturated rings. The minimum atomic E-state index is -4.76. The Balaban J connectivity index is 1.85. The van der Waals surface area contributed by atoms with E-state index in [2.05, 4.69) is 15.0 Å². The third-order valence-corrected chi connectivity index (χ3v) is 7.88. The molecule has 0 aliphatic carbocycles. The van der Waals surface area contributed by atoms with E-state index in [1.807, 2.05) is 25.5 Å². The Morgan fingerprint density at radius 1 is 0.943 bits per heavy atom. The number of nitrogens with zero attached hydrogens (tertiary/aromatic N) is 3. The average Bonchev–Trinajstić information content (AvgIpc) is 3.21. The summed E-state index contributed by atoms with van der Waals surface area (Å²) in [6.07, 6.45) is 1.59. The molecule has 0 amide bonds. The van der Waals surface area contributed by atoms with Gasteiger partial charge in [-0.1, -0.05) is 32.9 Å². The normalized spacial score (nSPS) is 12.1. The van der Waals surface area contributed by atoms with Crippen molar-refractivity contribution in [1.82, 2.24) is 15.0 Å². The summed E-state index contributed by atoms with van der Waals surface area (Å²) in [4.78, 5) is 12.6. The highest BCUT2D eigenvalue weighted by atomic mass is 32.2. The largest absolute Gasteiger partial charge is 0.276 e. The van der Waals surface area contributed by atoms with Gasteiger partial charge in [-0.2, -0.15) is 0 Å². The summed E-state index contributed by atoms with van der Waals surface area (Å²) >= 11 is 1.35. The number of benzene rings is 2. The molecule has 2 heterocycles. The summed E-state index contributed by atoms with van der Waals surface area (Å²) in [5.74, 6) is -2.99. The minimum Gasteiger partial charge on any atom is -0.276 e. The van der Waals surface area contributed by atoms with Crippen molar-refractivity contribution in [2.45, 2.75) is 38.0 Å². The van der Waals surface area contributed by atoms with Crippen molar-refractivity contribution in [2.75, 3.05) is 4.72 Å². The molecule has 4 rings (SSSR count). The van der Waals surface area contributed by atoms with Gasteiger partial charge in [0.2, 0.25) is 0 Å². The van der Waals surface area contributed by atoms with Crippen LogP contribution < -0.4 is 4.72 Å². The zero-order valence-electron chi connectivity index (χ0n) is 19.2. The maximum Gasteiger partial charge on any atom is 0.267 e. The molecule has 0 unspecified atom stereocenters. The van der Waals surface area contributed by atoms with Crippen LogP contribution >= 0.6 is 11.3 Å². The predicted octanol–water partition coefficient (Wildman–Crippen LogP) is 6.09. The van der Waals surface area contributed by atoms with E-state index in [4.69, 9.17) is 0 Å². The van der Waals surface area contributed by atoms with E-state index in [-0.39, 0.29) is 16.7 Å². The molecule has 0 aliphatic rings. The number of halogens is 3. The third-order valence-electron chi connectivity index (χ3n) is 4.96. The number of rotatable bonds is 5. The van der Waals surface area contributed by atoms with Crippen molar-refractivity contribution in [3.05, 3.63) is 76.9 Å². The molecule has 11 heteroatoms. The highest BCUT2D eigenvalue weighted by Gasteiger charge is 2.28. The molecule has 0 radical (unpaired) electrons. The highest BCUT2D eigenvalue weighted by Crippen LogP contribution is 2.42. The Hall–Kier alpha value is -3.31. The van der Waals surface area contributed by atoms with Crippen LogP contribution in [0, 0.1) is 24.4 Å². The van der Waals surface area contributed by atoms with E-state index in [0.29, 0.717) is 16.4 Å². The second-order valence-corrected chi connectivity index (χ2v) is 11.4. The van der Waals surface area contributed by atoms with Crippen molar-refractivity contribution in [2.24, 2.45) is 0 Å². The number of hydrogen-bond donors (Lipinski definition) is 1. The molecule has 0 saturated heterocycles. The standard InChI is InChI=1S/C24H21F3N4O2S2/c1-13-28-12-11-18(29-13)21-20(30-23(34-21)24(2,3)4)14-7-5-10-17(19(14)27)31-35(32,33)22-15(25)8-6-9-16(22)26/h5-12,31H,1-4H3. The van der Waals surface area contributed by atoms with E-state index in [1.54, 1.807) is 19.2 Å². The maximum absolute atomic E-state index is 15.7. The molecule has 0 spiro atoms. The number of sulfonamides is 1. The van der Waals surface area contributed by atoms with E-state index in [1.165, 1.54) is 29.5 Å². The van der Waals surface area contributed by atoms with Crippen LogP contribution in [0.5, 0.6) is 0 Å². The summed E-state index contributed by atoms with van der Waals surface area (Å²) in [6.45, 7) is 7.63. The molecule has 0 bridgehead atoms. The van der Waals surface area contributed by atoms with Crippen LogP contribution in [0.2, 0.25) is 0 Å². The predicted molar refractivity (Wildman–Crippen MR) is 129 cm³/mol. The second kappa shape index (κ2) is 9.04. The number of thiazole rings is 1. The number of hydrogen-bond acceptors (Lipinski definition) is 6. The topological polar surface area (TPSA) is 84.8 Å². The SMILES string of the molecule is Cc1nccc(-c2sc(C(C)(C)C)nc2-c2cccc(NS(=O)(=O)c3c(F)cccc3F)c2F)n1. The zero-order chi connectivity index (χ0) is 25.5. The number of aryl methyl sites for hydroxylation is 1. The van der Waals surface area contributed by atoms with Crippen LogP contribution in [-0.2, 0) is 15.4 Å². The quantitative estimate of drug-likeness (QED) is 0.346. The van der Waals surface area contributed by atoms with Crippen molar-refractivity contribution in [1.29, 1.82) is 0 Å². The van der Waals surface area contributed by atoms with Crippen molar-refractivity contribution in [3.8, 4) is 21.8 Å². The van der Waals surface area contributed by atoms with Gasteiger partial charge in [0, 0.05) is 17.2 Å². The first-order valence-electron chi connectivity index (χ1n) is 10.5. The first-order chi connectivity index (χ1) is 16.4. The van der Waals surface area contributed by atoms with Gasteiger partial charge in [-0.25, -0.2) is 36.5 Å². The fourth-order valence-electron chi connectivity index (χ4n) is 3.31. The van der Waals surface area contributed by atoms with E-state index in [9.17, 15) is 17.2 Å². The Morgan fingerprint density at radius 2 is 1.60 bits per heavy atom. The van der Waals surface area contributed by atoms with Gasteiger partial charge in [-0.05, 0) is 37.3 Å². The van der Waals surface area contributed by atoms with Crippen LogP contribution in [0.25, 0.3) is 21.8 Å². The van der Waals surface area contributed by atoms with Crippen LogP contribution in [0.15, 0.2) is 53.6 Å². The summed E-state index contributed by atoms with van der Waals surface area (Å²) < 4.78 is 71.3. The van der Waals surface area contributed by atoms with Gasteiger partial charge < -0.3 is 0 Å². The first-order valence-corrected chi connectivity index (χ1v) is 12.8. The van der Waals surface area contributed by atoms with Gasteiger partial charge in [-0.15, -0.1) is 11.3 Å². The van der Waals surface area contributed by atoms with Crippen molar-refractivity contribution < 1.29 is 21.6 Å². The second-order valence-electron chi connectivity index (χ2n) is 8.76. The van der Waals surface area contributed by atoms with Gasteiger partial charge >= 0.3 is 0 Å². The van der Waals surface area contributed by atoms with E-state index >= 15 is 4.39 Å². The van der Waals surface area contributed by atoms with Gasteiger partial charge in [0.05, 0.1) is 27.0 Å². The molecular formula is C24H21F3N4O2S2. The summed E-state index contributed by atoms with van der Waals surface area (Å²) in [6, 6.07) is 8.39. The Kier molecular flexibility index (Phi) is 6.41. The summed E-state index contributed by atoms with van der Waals surface area (Å²) in [7, 11) is -4.76. The molecule has 182 valence electrons. The van der Waals surface area contributed by atoms with Gasteiger partial charge in [0.1, 0.15) is 17.5 Å². The van der Waals surface area contributed by atoms with Crippen LogP contribution in [0.3, 0.4) is 0 Å². The lowest BCUT2D eigenvalue weighted by Gasteiger charge is -2.14. The van der Waals surface area contributed by atoms with Gasteiger partial charge in [0.15, 0.2) is 10.7 Å². The first kappa shape index (κ1) is 24.8. The fraction of sp³-hybridized carbons (Fsp3) is 0.208. The Labute approximate surface area is 205 Å². The Morgan fingerprint density at radius 3 is 2.23 bits per heavy atom. The average molecular weight is 519 g/mol. The van der Waals surface area contributed by atoms with Gasteiger partial charge in [-0.3, -0.25) is 4.72 Å². The molecule has 1 N–H and O–H groups in total. The lowest BCUT2D eigenvalue weighted by atomic mass is 9.98. The van der Waals surface area contributed by atoms with E-state index < -0.39 is 38.1 Å². The molecule has 2 aromatic carbocycles. The smallest absolute Gasteiger partial charge is 0.267 e.